The standard InChI is InChI=1S/C14H13NS/c1-9(2)10-5-3-6-11-13(10)14-12(16-11)7-4-8-15-14/h3-9H,1-2H3. The number of thiophene rings is 1. The zero-order chi connectivity index (χ0) is 11.1. The van der Waals surface area contributed by atoms with E-state index in [2.05, 4.69) is 43.1 Å². The lowest BCUT2D eigenvalue weighted by molar-refractivity contribution is 0.877. The minimum atomic E-state index is 0.545. The van der Waals surface area contributed by atoms with Gasteiger partial charge in [-0.25, -0.2) is 0 Å². The molecule has 0 fully saturated rings. The molecule has 2 heterocycles. The molecule has 1 nitrogen and oxygen atoms in total. The average Bonchev–Trinajstić information content (AvgIpc) is 2.66. The van der Waals surface area contributed by atoms with E-state index in [4.69, 9.17) is 0 Å². The Morgan fingerprint density at radius 1 is 1.06 bits per heavy atom. The second kappa shape index (κ2) is 3.56. The van der Waals surface area contributed by atoms with Crippen molar-refractivity contribution in [2.75, 3.05) is 0 Å². The third-order valence-electron chi connectivity index (χ3n) is 2.91. The van der Waals surface area contributed by atoms with E-state index < -0.39 is 0 Å². The molecule has 16 heavy (non-hydrogen) atoms. The number of rotatable bonds is 1. The Bertz CT molecular complexity index is 652. The number of benzene rings is 1. The first-order valence-electron chi connectivity index (χ1n) is 5.53. The van der Waals surface area contributed by atoms with Gasteiger partial charge in [0.2, 0.25) is 0 Å². The summed E-state index contributed by atoms with van der Waals surface area (Å²) >= 11 is 1.83. The topological polar surface area (TPSA) is 12.9 Å². The summed E-state index contributed by atoms with van der Waals surface area (Å²) in [4.78, 5) is 4.52. The minimum Gasteiger partial charge on any atom is -0.255 e. The number of pyridine rings is 1. The molecule has 0 radical (unpaired) electrons. The molecule has 3 aromatic rings. The van der Waals surface area contributed by atoms with Crippen LogP contribution in [-0.2, 0) is 0 Å². The van der Waals surface area contributed by atoms with Gasteiger partial charge in [0.05, 0.1) is 10.2 Å². The molecular weight excluding hydrogens is 214 g/mol. The summed E-state index contributed by atoms with van der Waals surface area (Å²) in [6.45, 7) is 4.47. The van der Waals surface area contributed by atoms with Gasteiger partial charge in [-0.15, -0.1) is 11.3 Å². The van der Waals surface area contributed by atoms with Crippen molar-refractivity contribution in [2.45, 2.75) is 19.8 Å². The highest BCUT2D eigenvalue weighted by molar-refractivity contribution is 7.25. The predicted molar refractivity (Wildman–Crippen MR) is 71.2 cm³/mol. The second-order valence-electron chi connectivity index (χ2n) is 4.33. The summed E-state index contributed by atoms with van der Waals surface area (Å²) in [6.07, 6.45) is 1.88. The summed E-state index contributed by atoms with van der Waals surface area (Å²) in [5.41, 5.74) is 2.56. The fourth-order valence-electron chi connectivity index (χ4n) is 2.15. The highest BCUT2D eigenvalue weighted by Crippen LogP contribution is 2.36. The Morgan fingerprint density at radius 3 is 2.69 bits per heavy atom. The Balaban J connectivity index is 2.53. The normalized spacial score (nSPS) is 11.7. The third-order valence-corrected chi connectivity index (χ3v) is 4.02. The van der Waals surface area contributed by atoms with Gasteiger partial charge in [-0.3, -0.25) is 4.98 Å². The van der Waals surface area contributed by atoms with E-state index in [-0.39, 0.29) is 0 Å². The molecule has 0 saturated heterocycles. The van der Waals surface area contributed by atoms with E-state index in [1.54, 1.807) is 0 Å². The fourth-order valence-corrected chi connectivity index (χ4v) is 3.24. The van der Waals surface area contributed by atoms with Gasteiger partial charge in [-0.05, 0) is 29.7 Å². The first-order valence-corrected chi connectivity index (χ1v) is 6.35. The quantitative estimate of drug-likeness (QED) is 0.593. The van der Waals surface area contributed by atoms with Crippen LogP contribution in [0.4, 0.5) is 0 Å². The van der Waals surface area contributed by atoms with Gasteiger partial charge in [0.25, 0.3) is 0 Å². The summed E-state index contributed by atoms with van der Waals surface area (Å²) in [5, 5.41) is 1.35. The fraction of sp³-hybridized carbons (Fsp3) is 0.214. The summed E-state index contributed by atoms with van der Waals surface area (Å²) in [7, 11) is 0. The van der Waals surface area contributed by atoms with E-state index in [1.807, 2.05) is 23.6 Å². The smallest absolute Gasteiger partial charge is 0.0891 e. The highest BCUT2D eigenvalue weighted by Gasteiger charge is 2.11. The minimum absolute atomic E-state index is 0.545. The SMILES string of the molecule is CC(C)c1cccc2sc3cccnc3c12. The molecule has 0 aliphatic carbocycles. The van der Waals surface area contributed by atoms with Crippen LogP contribution in [0, 0.1) is 0 Å². The van der Waals surface area contributed by atoms with E-state index in [0.29, 0.717) is 5.92 Å². The van der Waals surface area contributed by atoms with Gasteiger partial charge < -0.3 is 0 Å². The Kier molecular flexibility index (Phi) is 2.18. The second-order valence-corrected chi connectivity index (χ2v) is 5.41. The maximum atomic E-state index is 4.52. The van der Waals surface area contributed by atoms with E-state index in [1.165, 1.54) is 20.3 Å². The van der Waals surface area contributed by atoms with Gasteiger partial charge >= 0.3 is 0 Å². The van der Waals surface area contributed by atoms with Crippen LogP contribution in [0.15, 0.2) is 36.5 Å². The lowest BCUT2D eigenvalue weighted by atomic mass is 9.99. The lowest BCUT2D eigenvalue weighted by Gasteiger charge is -2.06. The van der Waals surface area contributed by atoms with Crippen molar-refractivity contribution in [1.82, 2.24) is 4.98 Å². The molecular formula is C14H13NS. The average molecular weight is 227 g/mol. The maximum Gasteiger partial charge on any atom is 0.0891 e. The third kappa shape index (κ3) is 1.34. The largest absolute Gasteiger partial charge is 0.255 e. The molecule has 2 aromatic heterocycles. The number of nitrogens with zero attached hydrogens (tertiary/aromatic N) is 1. The summed E-state index contributed by atoms with van der Waals surface area (Å²) in [5.74, 6) is 0.545. The van der Waals surface area contributed by atoms with Crippen LogP contribution in [0.1, 0.15) is 25.3 Å². The maximum absolute atomic E-state index is 4.52. The molecule has 3 rings (SSSR count). The number of aromatic nitrogens is 1. The molecule has 0 bridgehead atoms. The van der Waals surface area contributed by atoms with Crippen LogP contribution in [0.25, 0.3) is 20.3 Å². The highest BCUT2D eigenvalue weighted by atomic mass is 32.1. The Morgan fingerprint density at radius 2 is 1.88 bits per heavy atom. The monoisotopic (exact) mass is 227 g/mol. The molecule has 0 atom stereocenters. The van der Waals surface area contributed by atoms with Crippen LogP contribution in [-0.4, -0.2) is 4.98 Å². The van der Waals surface area contributed by atoms with Crippen LogP contribution in [0.2, 0.25) is 0 Å². The van der Waals surface area contributed by atoms with Gasteiger partial charge in [0.15, 0.2) is 0 Å². The molecule has 2 heteroatoms. The molecule has 80 valence electrons. The molecule has 0 spiro atoms. The Labute approximate surface area is 98.7 Å². The van der Waals surface area contributed by atoms with Gasteiger partial charge in [0, 0.05) is 16.3 Å². The lowest BCUT2D eigenvalue weighted by Crippen LogP contribution is -1.87. The molecule has 0 aliphatic rings. The van der Waals surface area contributed by atoms with Crippen molar-refractivity contribution >= 4 is 31.6 Å². The molecule has 0 saturated carbocycles. The van der Waals surface area contributed by atoms with Crippen molar-refractivity contribution in [3.8, 4) is 0 Å². The first kappa shape index (κ1) is 9.79. The van der Waals surface area contributed by atoms with Crippen LogP contribution in [0.5, 0.6) is 0 Å². The number of hydrogen-bond donors (Lipinski definition) is 0. The predicted octanol–water partition coefficient (Wildman–Crippen LogP) is 4.57. The van der Waals surface area contributed by atoms with Crippen LogP contribution < -0.4 is 0 Å². The van der Waals surface area contributed by atoms with E-state index in [9.17, 15) is 0 Å². The van der Waals surface area contributed by atoms with Crippen molar-refractivity contribution in [3.63, 3.8) is 0 Å². The van der Waals surface area contributed by atoms with Gasteiger partial charge in [0.1, 0.15) is 0 Å². The van der Waals surface area contributed by atoms with Gasteiger partial charge in [-0.1, -0.05) is 26.0 Å². The molecule has 0 N–H and O–H groups in total. The number of fused-ring (bicyclic) bond motifs is 3. The molecule has 1 aromatic carbocycles. The first-order chi connectivity index (χ1) is 7.77. The van der Waals surface area contributed by atoms with E-state index >= 15 is 0 Å². The Hall–Kier alpha value is -1.41. The zero-order valence-electron chi connectivity index (χ0n) is 9.40. The van der Waals surface area contributed by atoms with Crippen molar-refractivity contribution in [3.05, 3.63) is 42.1 Å². The van der Waals surface area contributed by atoms with Crippen LogP contribution >= 0.6 is 11.3 Å². The van der Waals surface area contributed by atoms with Gasteiger partial charge in [-0.2, -0.15) is 0 Å². The van der Waals surface area contributed by atoms with Crippen molar-refractivity contribution in [1.29, 1.82) is 0 Å². The molecule has 0 amide bonds. The summed E-state index contributed by atoms with van der Waals surface area (Å²) < 4.78 is 2.63. The molecule has 0 aliphatic heterocycles. The van der Waals surface area contributed by atoms with Crippen molar-refractivity contribution in [2.24, 2.45) is 0 Å². The summed E-state index contributed by atoms with van der Waals surface area (Å²) in [6, 6.07) is 10.7. The van der Waals surface area contributed by atoms with E-state index in [0.717, 1.165) is 5.52 Å². The number of hydrogen-bond acceptors (Lipinski definition) is 2. The van der Waals surface area contributed by atoms with Crippen molar-refractivity contribution < 1.29 is 0 Å². The van der Waals surface area contributed by atoms with Crippen LogP contribution in [0.3, 0.4) is 0 Å². The zero-order valence-corrected chi connectivity index (χ0v) is 10.2. The molecule has 0 unspecified atom stereocenters.